The minimum atomic E-state index is -2.52. The molecular weight excluding hydrogens is 446 g/mol. The first kappa shape index (κ1) is 24.4. The van der Waals surface area contributed by atoms with Crippen LogP contribution in [-0.2, 0) is 18.9 Å². The summed E-state index contributed by atoms with van der Waals surface area (Å²) in [4.78, 5) is 16.3. The summed E-state index contributed by atoms with van der Waals surface area (Å²) in [6, 6.07) is 0. The average molecular weight is 485 g/mol. The van der Waals surface area contributed by atoms with Crippen LogP contribution in [0.2, 0.25) is 0 Å². The number of likely N-dealkylation sites (tertiary alicyclic amines) is 2. The molecule has 1 aliphatic carbocycles. The van der Waals surface area contributed by atoms with Crippen LogP contribution in [0.25, 0.3) is 0 Å². The highest BCUT2D eigenvalue weighted by Gasteiger charge is 2.72. The number of carbonyl (C=O) groups is 1. The van der Waals surface area contributed by atoms with Crippen molar-refractivity contribution in [3.05, 3.63) is 11.6 Å². The first-order valence-electron chi connectivity index (χ1n) is 12.6. The van der Waals surface area contributed by atoms with Crippen molar-refractivity contribution in [1.29, 1.82) is 0 Å². The molecule has 4 aliphatic heterocycles. The van der Waals surface area contributed by atoms with Crippen molar-refractivity contribution in [3.8, 4) is 0 Å². The predicted octanol–water partition coefficient (Wildman–Crippen LogP) is 3.47. The third-order valence-electron chi connectivity index (χ3n) is 8.47. The maximum atomic E-state index is 13.0. The number of ether oxygens (including phenoxy) is 4. The van der Waals surface area contributed by atoms with E-state index in [1.165, 1.54) is 5.57 Å². The van der Waals surface area contributed by atoms with E-state index in [0.29, 0.717) is 38.6 Å². The molecule has 7 nitrogen and oxygen atoms in total. The fourth-order valence-electron chi connectivity index (χ4n) is 6.31. The van der Waals surface area contributed by atoms with Gasteiger partial charge in [-0.15, -0.1) is 0 Å². The highest BCUT2D eigenvalue weighted by Crippen LogP contribution is 2.59. The molecule has 0 unspecified atom stereocenters. The van der Waals surface area contributed by atoms with Crippen LogP contribution >= 0.6 is 0 Å². The molecule has 9 heteroatoms. The molecule has 5 fully saturated rings. The lowest BCUT2D eigenvalue weighted by Crippen LogP contribution is -2.59. The molecule has 5 rings (SSSR count). The molecule has 0 N–H and O–H groups in total. The Bertz CT molecular complexity index is 816. The van der Waals surface area contributed by atoms with Gasteiger partial charge in [0.1, 0.15) is 23.4 Å². The maximum Gasteiger partial charge on any atom is 0.410 e. The van der Waals surface area contributed by atoms with E-state index in [0.717, 1.165) is 19.3 Å². The summed E-state index contributed by atoms with van der Waals surface area (Å²) in [5.41, 5.74) is 0.668. The van der Waals surface area contributed by atoms with Crippen molar-refractivity contribution in [2.45, 2.75) is 81.9 Å². The van der Waals surface area contributed by atoms with E-state index < -0.39 is 5.92 Å². The fourth-order valence-corrected chi connectivity index (χ4v) is 6.31. The number of nitrogens with zero attached hydrogens (tertiary/aromatic N) is 2. The van der Waals surface area contributed by atoms with E-state index in [-0.39, 0.29) is 54.6 Å². The monoisotopic (exact) mass is 484 g/mol. The Labute approximate surface area is 200 Å². The van der Waals surface area contributed by atoms with Crippen molar-refractivity contribution >= 4 is 6.09 Å². The van der Waals surface area contributed by atoms with Gasteiger partial charge < -0.3 is 23.8 Å². The fraction of sp³-hybridized carbons (Fsp3) is 0.880. The molecule has 0 radical (unpaired) electrons. The molecule has 4 heterocycles. The lowest BCUT2D eigenvalue weighted by atomic mass is 9.68. The minimum Gasteiger partial charge on any atom is -0.443 e. The van der Waals surface area contributed by atoms with Gasteiger partial charge in [0.25, 0.3) is 5.92 Å². The van der Waals surface area contributed by atoms with Gasteiger partial charge in [-0.05, 0) is 58.9 Å². The van der Waals surface area contributed by atoms with Gasteiger partial charge >= 0.3 is 6.09 Å². The number of amides is 1. The number of epoxide rings is 2. The zero-order chi connectivity index (χ0) is 24.3. The van der Waals surface area contributed by atoms with Crippen LogP contribution in [0.4, 0.5) is 13.6 Å². The van der Waals surface area contributed by atoms with Gasteiger partial charge in [0.2, 0.25) is 0 Å². The van der Waals surface area contributed by atoms with Gasteiger partial charge in [0, 0.05) is 20.2 Å². The first-order chi connectivity index (χ1) is 16.1. The van der Waals surface area contributed by atoms with Crippen LogP contribution in [0, 0.1) is 11.8 Å². The third-order valence-corrected chi connectivity index (χ3v) is 8.47. The number of hydrogen-bond acceptors (Lipinski definition) is 6. The predicted molar refractivity (Wildman–Crippen MR) is 121 cm³/mol. The smallest absolute Gasteiger partial charge is 0.410 e. The van der Waals surface area contributed by atoms with Gasteiger partial charge in [-0.3, -0.25) is 4.90 Å². The highest BCUT2D eigenvalue weighted by atomic mass is 19.3. The number of hydrogen-bond donors (Lipinski definition) is 0. The Hall–Kier alpha value is -1.29. The largest absolute Gasteiger partial charge is 0.443 e. The molecule has 1 saturated carbocycles. The highest BCUT2D eigenvalue weighted by molar-refractivity contribution is 5.69. The molecule has 0 aromatic rings. The first-order valence-corrected chi connectivity index (χ1v) is 12.6. The van der Waals surface area contributed by atoms with Gasteiger partial charge in [0.15, 0.2) is 0 Å². The van der Waals surface area contributed by atoms with E-state index in [1.54, 1.807) is 16.9 Å². The SMILES string of the molecule is CO[C@@H]1[C@H](OC(=O)N2CC(CCN3CC(F)(F)C3)C2)CC[C@]2(CO2)[C@H]1[C@@]1(C)O[C@@H]1CC=C(C)C. The Kier molecular flexibility index (Phi) is 6.23. The van der Waals surface area contributed by atoms with Crippen molar-refractivity contribution in [1.82, 2.24) is 9.80 Å². The normalized spacial score (nSPS) is 40.9. The minimum absolute atomic E-state index is 0.00547. The van der Waals surface area contributed by atoms with Crippen molar-refractivity contribution < 1.29 is 32.5 Å². The van der Waals surface area contributed by atoms with Gasteiger partial charge in [-0.2, -0.15) is 0 Å². The zero-order valence-electron chi connectivity index (χ0n) is 20.7. The number of alkyl halides is 2. The summed E-state index contributed by atoms with van der Waals surface area (Å²) < 4.78 is 50.0. The number of carbonyl (C=O) groups excluding carboxylic acids is 1. The maximum absolute atomic E-state index is 13.0. The average Bonchev–Trinajstić information content (AvgIpc) is 3.62. The number of methoxy groups -OCH3 is 1. The second kappa shape index (κ2) is 8.68. The molecular formula is C25H38F2N2O5. The van der Waals surface area contributed by atoms with Crippen LogP contribution in [-0.4, -0.2) is 97.8 Å². The number of halogens is 2. The second-order valence-corrected chi connectivity index (χ2v) is 11.4. The molecule has 5 aliphatic rings. The van der Waals surface area contributed by atoms with Crippen LogP contribution in [0.5, 0.6) is 0 Å². The van der Waals surface area contributed by atoms with Crippen LogP contribution in [0.1, 0.15) is 46.5 Å². The van der Waals surface area contributed by atoms with E-state index in [4.69, 9.17) is 18.9 Å². The molecule has 0 aromatic carbocycles. The van der Waals surface area contributed by atoms with Crippen molar-refractivity contribution in [2.75, 3.05) is 46.4 Å². The topological polar surface area (TPSA) is 67.1 Å². The Balaban J connectivity index is 1.13. The molecule has 192 valence electrons. The summed E-state index contributed by atoms with van der Waals surface area (Å²) in [6.07, 6.45) is 4.59. The van der Waals surface area contributed by atoms with E-state index >= 15 is 0 Å². The number of rotatable bonds is 8. The number of allylic oxidation sites excluding steroid dienone is 1. The summed E-state index contributed by atoms with van der Waals surface area (Å²) >= 11 is 0. The molecule has 6 atom stereocenters. The summed E-state index contributed by atoms with van der Waals surface area (Å²) in [6.45, 7) is 8.62. The molecule has 34 heavy (non-hydrogen) atoms. The van der Waals surface area contributed by atoms with Gasteiger partial charge in [0.05, 0.1) is 31.7 Å². The van der Waals surface area contributed by atoms with E-state index in [9.17, 15) is 13.6 Å². The zero-order valence-corrected chi connectivity index (χ0v) is 20.7. The second-order valence-electron chi connectivity index (χ2n) is 11.4. The molecule has 0 bridgehead atoms. The molecule has 4 saturated heterocycles. The third kappa shape index (κ3) is 4.61. The van der Waals surface area contributed by atoms with Crippen molar-refractivity contribution in [3.63, 3.8) is 0 Å². The summed E-state index contributed by atoms with van der Waals surface area (Å²) in [5.74, 6) is -2.17. The molecule has 0 aromatic heterocycles. The van der Waals surface area contributed by atoms with Crippen LogP contribution in [0.15, 0.2) is 11.6 Å². The lowest BCUT2D eigenvalue weighted by Gasteiger charge is -2.45. The molecule has 1 amide bonds. The summed E-state index contributed by atoms with van der Waals surface area (Å²) in [5, 5.41) is 0. The quantitative estimate of drug-likeness (QED) is 0.388. The Morgan fingerprint density at radius 3 is 2.53 bits per heavy atom. The molecule has 1 spiro atoms. The van der Waals surface area contributed by atoms with E-state index in [2.05, 4.69) is 26.8 Å². The van der Waals surface area contributed by atoms with Gasteiger partial charge in [-0.1, -0.05) is 11.6 Å². The standard InChI is InChI=1S/C25H38F2N2O5/c1-16(2)5-6-19-23(3,34-19)21-20(31-4)18(7-9-24(21)15-32-24)33-22(30)29-11-17(12-29)8-10-28-13-25(26,27)14-28/h5,17-21H,6-15H2,1-4H3/t18-,19-,20-,21-,23+,24+/m1/s1. The van der Waals surface area contributed by atoms with Crippen molar-refractivity contribution in [2.24, 2.45) is 11.8 Å². The van der Waals surface area contributed by atoms with Crippen LogP contribution < -0.4 is 0 Å². The Morgan fingerprint density at radius 1 is 1.24 bits per heavy atom. The Morgan fingerprint density at radius 2 is 1.94 bits per heavy atom. The van der Waals surface area contributed by atoms with E-state index in [1.807, 2.05) is 0 Å². The van der Waals surface area contributed by atoms with Gasteiger partial charge in [-0.25, -0.2) is 13.6 Å². The lowest BCUT2D eigenvalue weighted by molar-refractivity contribution is -0.133. The van der Waals surface area contributed by atoms with Crippen LogP contribution in [0.3, 0.4) is 0 Å². The summed E-state index contributed by atoms with van der Waals surface area (Å²) in [7, 11) is 1.68.